The molecule has 1 heteroatoms. The zero-order valence-corrected chi connectivity index (χ0v) is 11.2. The Balaban J connectivity index is 2.13. The average molecular weight is 250 g/mol. The van der Waals surface area contributed by atoms with Crippen molar-refractivity contribution in [2.45, 2.75) is 6.92 Å². The summed E-state index contributed by atoms with van der Waals surface area (Å²) in [7, 11) is 0. The van der Waals surface area contributed by atoms with Gasteiger partial charge in [0.1, 0.15) is 0 Å². The fourth-order valence-corrected chi connectivity index (χ4v) is 1.83. The number of hydrogen-bond acceptors (Lipinski definition) is 1. The Morgan fingerprint density at radius 1 is 1.00 bits per heavy atom. The van der Waals surface area contributed by atoms with Gasteiger partial charge in [-0.25, -0.2) is 0 Å². The molecule has 0 spiro atoms. The molecule has 2 aromatic rings. The van der Waals surface area contributed by atoms with Gasteiger partial charge in [0.25, 0.3) is 0 Å². The third-order valence-electron chi connectivity index (χ3n) is 2.89. The van der Waals surface area contributed by atoms with Gasteiger partial charge < -0.3 is 4.74 Å². The van der Waals surface area contributed by atoms with Crippen molar-refractivity contribution in [2.75, 3.05) is 6.61 Å². The van der Waals surface area contributed by atoms with Crippen LogP contribution in [0.3, 0.4) is 0 Å². The summed E-state index contributed by atoms with van der Waals surface area (Å²) in [6, 6.07) is 18.7. The van der Waals surface area contributed by atoms with E-state index in [4.69, 9.17) is 4.74 Å². The van der Waals surface area contributed by atoms with Gasteiger partial charge in [0.2, 0.25) is 0 Å². The highest BCUT2D eigenvalue weighted by atomic mass is 16.5. The van der Waals surface area contributed by atoms with Crippen LogP contribution in [0, 0.1) is 0 Å². The van der Waals surface area contributed by atoms with Crippen molar-refractivity contribution in [3.05, 3.63) is 79.1 Å². The summed E-state index contributed by atoms with van der Waals surface area (Å²) in [6.45, 7) is 6.67. The lowest BCUT2D eigenvalue weighted by Gasteiger charge is -2.04. The van der Waals surface area contributed by atoms with Crippen LogP contribution in [0.1, 0.15) is 12.5 Å². The van der Waals surface area contributed by atoms with Gasteiger partial charge in [0.05, 0.1) is 12.9 Å². The topological polar surface area (TPSA) is 9.23 Å². The van der Waals surface area contributed by atoms with Crippen molar-refractivity contribution < 1.29 is 4.74 Å². The Labute approximate surface area is 114 Å². The molecule has 0 unspecified atom stereocenters. The zero-order valence-electron chi connectivity index (χ0n) is 11.2. The molecule has 0 aromatic heterocycles. The summed E-state index contributed by atoms with van der Waals surface area (Å²) in [6.07, 6.45) is 3.58. The molecule has 0 amide bonds. The third-order valence-corrected chi connectivity index (χ3v) is 2.89. The quantitative estimate of drug-likeness (QED) is 0.540. The van der Waals surface area contributed by atoms with Gasteiger partial charge in [-0.3, -0.25) is 0 Å². The van der Waals surface area contributed by atoms with E-state index < -0.39 is 0 Å². The Hall–Kier alpha value is -2.28. The van der Waals surface area contributed by atoms with Crippen molar-refractivity contribution >= 4 is 5.57 Å². The van der Waals surface area contributed by atoms with Crippen LogP contribution in [0.4, 0.5) is 0 Å². The molecule has 0 saturated carbocycles. The molecule has 0 fully saturated rings. The smallest absolute Gasteiger partial charge is 0.0845 e. The molecular weight excluding hydrogens is 232 g/mol. The normalized spacial score (nSPS) is 10.6. The third kappa shape index (κ3) is 3.59. The van der Waals surface area contributed by atoms with Crippen molar-refractivity contribution in [3.63, 3.8) is 0 Å². The highest BCUT2D eigenvalue weighted by molar-refractivity contribution is 5.74. The Bertz CT molecular complexity index is 550. The highest BCUT2D eigenvalue weighted by Crippen LogP contribution is 2.22. The lowest BCUT2D eigenvalue weighted by Crippen LogP contribution is -1.82. The summed E-state index contributed by atoms with van der Waals surface area (Å²) in [4.78, 5) is 0. The lowest BCUT2D eigenvalue weighted by molar-refractivity contribution is 0.269. The molecular formula is C18H18O. The molecule has 0 aliphatic rings. The molecule has 0 atom stereocenters. The molecule has 0 aliphatic heterocycles. The lowest BCUT2D eigenvalue weighted by atomic mass is 10.0. The first-order chi connectivity index (χ1) is 9.31. The summed E-state index contributed by atoms with van der Waals surface area (Å²) in [5.74, 6) is 0. The first-order valence-corrected chi connectivity index (χ1v) is 6.44. The van der Waals surface area contributed by atoms with Crippen LogP contribution in [0.2, 0.25) is 0 Å². The van der Waals surface area contributed by atoms with Crippen molar-refractivity contribution in [1.29, 1.82) is 0 Å². The van der Waals surface area contributed by atoms with Crippen LogP contribution < -0.4 is 0 Å². The molecule has 0 heterocycles. The second kappa shape index (κ2) is 6.60. The molecule has 0 radical (unpaired) electrons. The van der Waals surface area contributed by atoms with E-state index in [1.54, 1.807) is 6.26 Å². The minimum absolute atomic E-state index is 0.677. The molecule has 2 rings (SSSR count). The van der Waals surface area contributed by atoms with Crippen molar-refractivity contribution in [1.82, 2.24) is 0 Å². The fourth-order valence-electron chi connectivity index (χ4n) is 1.83. The van der Waals surface area contributed by atoms with Gasteiger partial charge in [-0.1, -0.05) is 61.2 Å². The van der Waals surface area contributed by atoms with E-state index in [0.29, 0.717) is 6.61 Å². The van der Waals surface area contributed by atoms with Crippen LogP contribution in [-0.2, 0) is 4.74 Å². The molecule has 96 valence electrons. The number of allylic oxidation sites excluding steroid dienone is 2. The Morgan fingerprint density at radius 3 is 2.26 bits per heavy atom. The van der Waals surface area contributed by atoms with Crippen molar-refractivity contribution in [2.24, 2.45) is 0 Å². The summed E-state index contributed by atoms with van der Waals surface area (Å²) in [5, 5.41) is 0. The van der Waals surface area contributed by atoms with Crippen LogP contribution in [0.15, 0.2) is 73.5 Å². The van der Waals surface area contributed by atoms with E-state index in [-0.39, 0.29) is 0 Å². The highest BCUT2D eigenvalue weighted by Gasteiger charge is 1.98. The standard InChI is InChI=1S/C18H18O/c1-3-19-14-13-15(2)16-9-11-18(12-10-16)17-7-5-4-6-8-17/h4-14H,2-3H2,1H3/b14-13+. The van der Waals surface area contributed by atoms with Gasteiger partial charge in [0.15, 0.2) is 0 Å². The van der Waals surface area contributed by atoms with Gasteiger partial charge in [-0.2, -0.15) is 0 Å². The molecule has 2 aromatic carbocycles. The maximum absolute atomic E-state index is 5.18. The Kier molecular flexibility index (Phi) is 4.57. The van der Waals surface area contributed by atoms with Gasteiger partial charge in [-0.15, -0.1) is 0 Å². The first-order valence-electron chi connectivity index (χ1n) is 6.44. The maximum atomic E-state index is 5.18. The molecule has 0 aliphatic carbocycles. The SMILES string of the molecule is C=C(/C=C/OCC)c1ccc(-c2ccccc2)cc1. The monoisotopic (exact) mass is 250 g/mol. The predicted molar refractivity (Wildman–Crippen MR) is 81.7 cm³/mol. The summed E-state index contributed by atoms with van der Waals surface area (Å²) < 4.78 is 5.18. The number of benzene rings is 2. The van der Waals surface area contributed by atoms with E-state index in [2.05, 4.69) is 43.0 Å². The van der Waals surface area contributed by atoms with Gasteiger partial charge >= 0.3 is 0 Å². The molecule has 1 nitrogen and oxygen atoms in total. The predicted octanol–water partition coefficient (Wildman–Crippen LogP) is 4.92. The van der Waals surface area contributed by atoms with Gasteiger partial charge in [0, 0.05) is 0 Å². The van der Waals surface area contributed by atoms with E-state index in [0.717, 1.165) is 11.1 Å². The van der Waals surface area contributed by atoms with Crippen LogP contribution in [-0.4, -0.2) is 6.61 Å². The molecule has 0 saturated heterocycles. The van der Waals surface area contributed by atoms with E-state index in [1.165, 1.54) is 11.1 Å². The minimum atomic E-state index is 0.677. The van der Waals surface area contributed by atoms with E-state index in [1.807, 2.05) is 31.2 Å². The van der Waals surface area contributed by atoms with Crippen molar-refractivity contribution in [3.8, 4) is 11.1 Å². The first kappa shape index (κ1) is 13.2. The maximum Gasteiger partial charge on any atom is 0.0845 e. The summed E-state index contributed by atoms with van der Waals surface area (Å²) in [5.41, 5.74) is 4.50. The summed E-state index contributed by atoms with van der Waals surface area (Å²) >= 11 is 0. The van der Waals surface area contributed by atoms with Crippen LogP contribution in [0.25, 0.3) is 16.7 Å². The fraction of sp³-hybridized carbons (Fsp3) is 0.111. The number of hydrogen-bond donors (Lipinski definition) is 0. The van der Waals surface area contributed by atoms with E-state index >= 15 is 0 Å². The molecule has 19 heavy (non-hydrogen) atoms. The number of ether oxygens (including phenoxy) is 1. The Morgan fingerprint density at radius 2 is 1.63 bits per heavy atom. The van der Waals surface area contributed by atoms with Crippen LogP contribution >= 0.6 is 0 Å². The minimum Gasteiger partial charge on any atom is -0.501 e. The zero-order chi connectivity index (χ0) is 13.5. The largest absolute Gasteiger partial charge is 0.501 e. The average Bonchev–Trinajstić information content (AvgIpc) is 2.48. The second-order valence-electron chi connectivity index (χ2n) is 4.23. The molecule has 0 bridgehead atoms. The van der Waals surface area contributed by atoms with E-state index in [9.17, 15) is 0 Å². The van der Waals surface area contributed by atoms with Gasteiger partial charge in [-0.05, 0) is 35.3 Å². The molecule has 0 N–H and O–H groups in total. The second-order valence-corrected chi connectivity index (χ2v) is 4.23. The van der Waals surface area contributed by atoms with Crippen LogP contribution in [0.5, 0.6) is 0 Å². The number of rotatable bonds is 5.